The first-order valence-electron chi connectivity index (χ1n) is 5.69. The van der Waals surface area contributed by atoms with E-state index >= 15 is 0 Å². The first-order valence-corrected chi connectivity index (χ1v) is 6.77. The second kappa shape index (κ2) is 4.65. The van der Waals surface area contributed by atoms with Crippen LogP contribution in [0.5, 0.6) is 5.75 Å². The quantitative estimate of drug-likeness (QED) is 0.631. The Hall–Kier alpha value is -1.49. The molecule has 0 aliphatic carbocycles. The number of rotatable bonds is 2. The average molecular weight is 349 g/mol. The molecule has 0 saturated carbocycles. The zero-order chi connectivity index (χ0) is 12.5. The van der Waals surface area contributed by atoms with Gasteiger partial charge in [0.05, 0.1) is 18.3 Å². The lowest BCUT2D eigenvalue weighted by Gasteiger charge is -2.08. The van der Waals surface area contributed by atoms with Gasteiger partial charge in [-0.2, -0.15) is 0 Å². The number of hydrogen-bond acceptors (Lipinski definition) is 1. The Morgan fingerprint density at radius 2 is 1.89 bits per heavy atom. The highest BCUT2D eigenvalue weighted by molar-refractivity contribution is 14.1. The van der Waals surface area contributed by atoms with Gasteiger partial charge in [0.15, 0.2) is 0 Å². The molecule has 0 atom stereocenters. The first-order chi connectivity index (χ1) is 8.79. The summed E-state index contributed by atoms with van der Waals surface area (Å²) in [5, 5.41) is 1.22. The van der Waals surface area contributed by atoms with Crippen LogP contribution in [0.25, 0.3) is 16.6 Å². The highest BCUT2D eigenvalue weighted by Crippen LogP contribution is 2.26. The SMILES string of the molecule is COc1ccc2ccn(-c3ccccc3I)c2c1. The van der Waals surface area contributed by atoms with Crippen molar-refractivity contribution in [2.24, 2.45) is 0 Å². The number of nitrogens with zero attached hydrogens (tertiary/aromatic N) is 1. The zero-order valence-electron chi connectivity index (χ0n) is 9.93. The molecule has 0 radical (unpaired) electrons. The van der Waals surface area contributed by atoms with Crippen LogP contribution < -0.4 is 4.74 Å². The van der Waals surface area contributed by atoms with Crippen LogP contribution >= 0.6 is 22.6 Å². The number of aromatic nitrogens is 1. The van der Waals surface area contributed by atoms with Gasteiger partial charge in [0.1, 0.15) is 5.75 Å². The van der Waals surface area contributed by atoms with Crippen molar-refractivity contribution in [3.05, 3.63) is 58.3 Å². The maximum absolute atomic E-state index is 5.30. The summed E-state index contributed by atoms with van der Waals surface area (Å²) in [5.41, 5.74) is 2.36. The highest BCUT2D eigenvalue weighted by Gasteiger charge is 2.06. The summed E-state index contributed by atoms with van der Waals surface area (Å²) in [6, 6.07) is 16.6. The van der Waals surface area contributed by atoms with Crippen LogP contribution in [0.3, 0.4) is 0 Å². The van der Waals surface area contributed by atoms with Crippen LogP contribution in [-0.2, 0) is 0 Å². The molecule has 90 valence electrons. The molecule has 1 heterocycles. The highest BCUT2D eigenvalue weighted by atomic mass is 127. The summed E-state index contributed by atoms with van der Waals surface area (Å²) in [6.45, 7) is 0. The topological polar surface area (TPSA) is 14.2 Å². The summed E-state index contributed by atoms with van der Waals surface area (Å²) >= 11 is 2.36. The molecule has 3 aromatic rings. The molecule has 0 spiro atoms. The van der Waals surface area contributed by atoms with Gasteiger partial charge in [-0.25, -0.2) is 0 Å². The van der Waals surface area contributed by atoms with Gasteiger partial charge >= 0.3 is 0 Å². The van der Waals surface area contributed by atoms with Crippen molar-refractivity contribution in [1.82, 2.24) is 4.57 Å². The molecular weight excluding hydrogens is 337 g/mol. The van der Waals surface area contributed by atoms with Gasteiger partial charge in [-0.1, -0.05) is 12.1 Å². The second-order valence-electron chi connectivity index (χ2n) is 4.06. The normalized spacial score (nSPS) is 10.8. The van der Waals surface area contributed by atoms with Gasteiger partial charge in [-0.3, -0.25) is 0 Å². The van der Waals surface area contributed by atoms with Crippen molar-refractivity contribution in [3.8, 4) is 11.4 Å². The van der Waals surface area contributed by atoms with E-state index in [1.165, 1.54) is 20.2 Å². The van der Waals surface area contributed by atoms with Gasteiger partial charge in [0.25, 0.3) is 0 Å². The Labute approximate surface area is 119 Å². The number of methoxy groups -OCH3 is 1. The van der Waals surface area contributed by atoms with Crippen molar-refractivity contribution in [1.29, 1.82) is 0 Å². The number of halogens is 1. The third kappa shape index (κ3) is 1.88. The minimum atomic E-state index is 0.883. The first kappa shape index (κ1) is 11.6. The van der Waals surface area contributed by atoms with Crippen molar-refractivity contribution < 1.29 is 4.74 Å². The van der Waals surface area contributed by atoms with E-state index in [-0.39, 0.29) is 0 Å². The predicted octanol–water partition coefficient (Wildman–Crippen LogP) is 4.24. The lowest BCUT2D eigenvalue weighted by molar-refractivity contribution is 0.415. The lowest BCUT2D eigenvalue weighted by Crippen LogP contribution is -1.94. The van der Waals surface area contributed by atoms with E-state index in [2.05, 4.69) is 75.8 Å². The van der Waals surface area contributed by atoms with E-state index in [9.17, 15) is 0 Å². The smallest absolute Gasteiger partial charge is 0.120 e. The van der Waals surface area contributed by atoms with Gasteiger partial charge in [-0.05, 0) is 52.9 Å². The van der Waals surface area contributed by atoms with Crippen molar-refractivity contribution in [2.75, 3.05) is 7.11 Å². The predicted molar refractivity (Wildman–Crippen MR) is 82.5 cm³/mol. The van der Waals surface area contributed by atoms with E-state index in [1.807, 2.05) is 6.07 Å². The third-order valence-corrected chi connectivity index (χ3v) is 3.92. The minimum absolute atomic E-state index is 0.883. The number of ether oxygens (including phenoxy) is 1. The zero-order valence-corrected chi connectivity index (χ0v) is 12.1. The van der Waals surface area contributed by atoms with Crippen molar-refractivity contribution >= 4 is 33.5 Å². The molecule has 0 amide bonds. The molecule has 3 heteroatoms. The Kier molecular flexibility index (Phi) is 2.99. The molecule has 3 rings (SSSR count). The van der Waals surface area contributed by atoms with Gasteiger partial charge in [0, 0.05) is 21.2 Å². The van der Waals surface area contributed by atoms with Gasteiger partial charge < -0.3 is 9.30 Å². The number of para-hydroxylation sites is 1. The van der Waals surface area contributed by atoms with Crippen LogP contribution in [0, 0.1) is 3.57 Å². The molecule has 0 bridgehead atoms. The fraction of sp³-hybridized carbons (Fsp3) is 0.0667. The summed E-state index contributed by atoms with van der Waals surface area (Å²) in [7, 11) is 1.70. The molecule has 0 aliphatic heterocycles. The minimum Gasteiger partial charge on any atom is -0.497 e. The van der Waals surface area contributed by atoms with Gasteiger partial charge in [0.2, 0.25) is 0 Å². The lowest BCUT2D eigenvalue weighted by atomic mass is 10.2. The average Bonchev–Trinajstić information content (AvgIpc) is 2.82. The third-order valence-electron chi connectivity index (χ3n) is 3.01. The van der Waals surface area contributed by atoms with Crippen molar-refractivity contribution in [2.45, 2.75) is 0 Å². The van der Waals surface area contributed by atoms with E-state index in [0.29, 0.717) is 0 Å². The van der Waals surface area contributed by atoms with Crippen LogP contribution in [-0.4, -0.2) is 11.7 Å². The Morgan fingerprint density at radius 1 is 1.06 bits per heavy atom. The number of fused-ring (bicyclic) bond motifs is 1. The van der Waals surface area contributed by atoms with Crippen LogP contribution in [0.15, 0.2) is 54.7 Å². The van der Waals surface area contributed by atoms with E-state index in [0.717, 1.165) is 5.75 Å². The van der Waals surface area contributed by atoms with E-state index in [1.54, 1.807) is 7.11 Å². The second-order valence-corrected chi connectivity index (χ2v) is 5.22. The molecule has 0 unspecified atom stereocenters. The van der Waals surface area contributed by atoms with E-state index in [4.69, 9.17) is 4.74 Å². The molecular formula is C15H12INO. The molecule has 1 aromatic heterocycles. The maximum Gasteiger partial charge on any atom is 0.120 e. The van der Waals surface area contributed by atoms with Crippen LogP contribution in [0.4, 0.5) is 0 Å². The number of benzene rings is 2. The number of hydrogen-bond donors (Lipinski definition) is 0. The summed E-state index contributed by atoms with van der Waals surface area (Å²) in [4.78, 5) is 0. The van der Waals surface area contributed by atoms with Crippen LogP contribution in [0.1, 0.15) is 0 Å². The van der Waals surface area contributed by atoms with E-state index < -0.39 is 0 Å². The molecule has 18 heavy (non-hydrogen) atoms. The fourth-order valence-electron chi connectivity index (χ4n) is 2.09. The summed E-state index contributed by atoms with van der Waals surface area (Å²) in [5.74, 6) is 0.883. The Morgan fingerprint density at radius 3 is 2.67 bits per heavy atom. The summed E-state index contributed by atoms with van der Waals surface area (Å²) in [6.07, 6.45) is 2.10. The van der Waals surface area contributed by atoms with Gasteiger partial charge in [-0.15, -0.1) is 0 Å². The molecule has 0 saturated heterocycles. The fourth-order valence-corrected chi connectivity index (χ4v) is 2.74. The maximum atomic E-state index is 5.30. The Balaban J connectivity index is 2.26. The molecule has 2 nitrogen and oxygen atoms in total. The molecule has 2 aromatic carbocycles. The molecule has 0 aliphatic rings. The monoisotopic (exact) mass is 349 g/mol. The Bertz CT molecular complexity index is 703. The largest absolute Gasteiger partial charge is 0.497 e. The molecule has 0 fully saturated rings. The standard InChI is InChI=1S/C15H12INO/c1-18-12-7-6-11-8-9-17(15(11)10-12)14-5-3-2-4-13(14)16/h2-10H,1H3. The van der Waals surface area contributed by atoms with Crippen LogP contribution in [0.2, 0.25) is 0 Å². The molecule has 0 N–H and O–H groups in total. The van der Waals surface area contributed by atoms with Crippen molar-refractivity contribution in [3.63, 3.8) is 0 Å². The summed E-state index contributed by atoms with van der Waals surface area (Å²) < 4.78 is 8.72.